The quantitative estimate of drug-likeness (QED) is 0.632. The number of carbonyl (C=O) groups excluding carboxylic acids is 1. The Hall–Kier alpha value is -3.13. The largest absolute Gasteiger partial charge is 0.382 e. The molecule has 2 aromatic heterocycles. The van der Waals surface area contributed by atoms with Gasteiger partial charge in [0, 0.05) is 33.5 Å². The lowest BCUT2D eigenvalue weighted by Gasteiger charge is -2.18. The number of rotatable bonds is 6. The van der Waals surface area contributed by atoms with Crippen LogP contribution in [0.4, 0.5) is 16.4 Å². The van der Waals surface area contributed by atoms with Crippen molar-refractivity contribution in [2.75, 3.05) is 38.0 Å². The zero-order valence-corrected chi connectivity index (χ0v) is 15.0. The molecule has 0 fully saturated rings. The Labute approximate surface area is 151 Å². The molecule has 0 bridgehead atoms. The van der Waals surface area contributed by atoms with Gasteiger partial charge in [0.1, 0.15) is 5.82 Å². The lowest BCUT2D eigenvalue weighted by Crippen LogP contribution is -2.35. The fourth-order valence-electron chi connectivity index (χ4n) is 2.69. The topological polar surface area (TPSA) is 95.2 Å². The number of H-pyrrole nitrogens is 1. The molecular weight excluding hydrogens is 332 g/mol. The van der Waals surface area contributed by atoms with Gasteiger partial charge in [-0.05, 0) is 5.56 Å². The van der Waals surface area contributed by atoms with Crippen molar-refractivity contribution in [3.05, 3.63) is 48.2 Å². The smallest absolute Gasteiger partial charge is 0.320 e. The molecule has 0 radical (unpaired) electrons. The number of aromatic nitrogens is 3. The van der Waals surface area contributed by atoms with Crippen molar-refractivity contribution in [1.82, 2.24) is 20.5 Å². The molecule has 3 rings (SSSR count). The van der Waals surface area contributed by atoms with E-state index < -0.39 is 0 Å². The SMILES string of the molecule is COC[C@@H](NC(=O)Nc1cc2[nH]nc(N(C)C)c2cn1)c1ccccc1. The van der Waals surface area contributed by atoms with E-state index >= 15 is 0 Å². The van der Waals surface area contributed by atoms with E-state index in [0.717, 1.165) is 22.3 Å². The molecular formula is C18H22N6O2. The van der Waals surface area contributed by atoms with Gasteiger partial charge < -0.3 is 15.0 Å². The summed E-state index contributed by atoms with van der Waals surface area (Å²) in [6.45, 7) is 0.372. The number of amides is 2. The first-order chi connectivity index (χ1) is 12.6. The first-order valence-electron chi connectivity index (χ1n) is 8.21. The summed E-state index contributed by atoms with van der Waals surface area (Å²) in [5.74, 6) is 1.24. The van der Waals surface area contributed by atoms with Gasteiger partial charge in [0.15, 0.2) is 5.82 Å². The molecule has 0 spiro atoms. The number of hydrogen-bond acceptors (Lipinski definition) is 5. The number of fused-ring (bicyclic) bond motifs is 1. The number of benzene rings is 1. The summed E-state index contributed by atoms with van der Waals surface area (Å²) < 4.78 is 5.22. The first kappa shape index (κ1) is 17.7. The van der Waals surface area contributed by atoms with Gasteiger partial charge in [-0.25, -0.2) is 9.78 Å². The number of methoxy groups -OCH3 is 1. The molecule has 0 saturated heterocycles. The fourth-order valence-corrected chi connectivity index (χ4v) is 2.69. The van der Waals surface area contributed by atoms with E-state index in [9.17, 15) is 4.79 Å². The molecule has 1 atom stereocenters. The molecule has 0 aliphatic heterocycles. The van der Waals surface area contributed by atoms with Crippen LogP contribution in [0.25, 0.3) is 10.9 Å². The summed E-state index contributed by atoms with van der Waals surface area (Å²) in [7, 11) is 5.43. The maximum atomic E-state index is 12.4. The Morgan fingerprint density at radius 1 is 1.31 bits per heavy atom. The number of ether oxygens (including phenoxy) is 1. The zero-order valence-electron chi connectivity index (χ0n) is 15.0. The standard InChI is InChI=1S/C18H22N6O2/c1-24(2)17-13-10-19-16(9-14(13)22-23-17)21-18(25)20-15(11-26-3)12-7-5-4-6-8-12/h4-10,15H,11H2,1-3H3,(H,22,23)(H2,19,20,21,25)/t15-/m1/s1. The van der Waals surface area contributed by atoms with Gasteiger partial charge in [-0.1, -0.05) is 30.3 Å². The van der Waals surface area contributed by atoms with E-state index in [1.807, 2.05) is 49.3 Å². The van der Waals surface area contributed by atoms with Crippen LogP contribution in [0, 0.1) is 0 Å². The molecule has 0 saturated carbocycles. The second kappa shape index (κ2) is 7.83. The van der Waals surface area contributed by atoms with Crippen LogP contribution in [0.5, 0.6) is 0 Å². The third-order valence-electron chi connectivity index (χ3n) is 3.93. The minimum atomic E-state index is -0.352. The Balaban J connectivity index is 1.71. The van der Waals surface area contributed by atoms with E-state index in [0.29, 0.717) is 12.4 Å². The molecule has 3 N–H and O–H groups in total. The molecule has 8 heteroatoms. The number of urea groups is 1. The second-order valence-electron chi connectivity index (χ2n) is 6.07. The van der Waals surface area contributed by atoms with Crippen LogP contribution in [0.1, 0.15) is 11.6 Å². The molecule has 2 amide bonds. The highest BCUT2D eigenvalue weighted by Gasteiger charge is 2.15. The number of nitrogens with one attached hydrogen (secondary N) is 3. The van der Waals surface area contributed by atoms with Gasteiger partial charge in [0.05, 0.1) is 23.6 Å². The minimum Gasteiger partial charge on any atom is -0.382 e. The summed E-state index contributed by atoms with van der Waals surface area (Å²) in [6.07, 6.45) is 1.69. The summed E-state index contributed by atoms with van der Waals surface area (Å²) >= 11 is 0. The Kier molecular flexibility index (Phi) is 5.33. The molecule has 3 aromatic rings. The molecule has 2 heterocycles. The average Bonchev–Trinajstić information content (AvgIpc) is 3.05. The third kappa shape index (κ3) is 3.92. The molecule has 1 aromatic carbocycles. The number of anilines is 2. The highest BCUT2D eigenvalue weighted by Crippen LogP contribution is 2.23. The van der Waals surface area contributed by atoms with Crippen LogP contribution in [-0.4, -0.2) is 49.0 Å². The predicted octanol–water partition coefficient (Wildman–Crippen LogP) is 2.53. The van der Waals surface area contributed by atoms with Crippen molar-refractivity contribution in [3.63, 3.8) is 0 Å². The lowest BCUT2D eigenvalue weighted by molar-refractivity contribution is 0.168. The molecule has 136 valence electrons. The Morgan fingerprint density at radius 2 is 2.08 bits per heavy atom. The minimum absolute atomic E-state index is 0.252. The highest BCUT2D eigenvalue weighted by molar-refractivity contribution is 5.94. The fraction of sp³-hybridized carbons (Fsp3) is 0.278. The molecule has 8 nitrogen and oxygen atoms in total. The summed E-state index contributed by atoms with van der Waals surface area (Å²) in [6, 6.07) is 10.8. The van der Waals surface area contributed by atoms with Crippen molar-refractivity contribution in [1.29, 1.82) is 0 Å². The van der Waals surface area contributed by atoms with E-state index in [2.05, 4.69) is 25.8 Å². The number of pyridine rings is 1. The van der Waals surface area contributed by atoms with Gasteiger partial charge >= 0.3 is 6.03 Å². The lowest BCUT2D eigenvalue weighted by atomic mass is 10.1. The van der Waals surface area contributed by atoms with E-state index in [1.54, 1.807) is 19.4 Å². The van der Waals surface area contributed by atoms with Gasteiger partial charge in [0.25, 0.3) is 0 Å². The first-order valence-corrected chi connectivity index (χ1v) is 8.21. The number of carbonyl (C=O) groups is 1. The van der Waals surface area contributed by atoms with Gasteiger partial charge in [-0.15, -0.1) is 0 Å². The van der Waals surface area contributed by atoms with Crippen LogP contribution >= 0.6 is 0 Å². The van der Waals surface area contributed by atoms with Crippen molar-refractivity contribution in [2.45, 2.75) is 6.04 Å². The monoisotopic (exact) mass is 354 g/mol. The average molecular weight is 354 g/mol. The normalized spacial score (nSPS) is 12.0. The molecule has 0 aliphatic carbocycles. The number of hydrogen-bond donors (Lipinski definition) is 3. The maximum absolute atomic E-state index is 12.4. The summed E-state index contributed by atoms with van der Waals surface area (Å²) in [5.41, 5.74) is 1.77. The van der Waals surface area contributed by atoms with Crippen LogP contribution in [0.3, 0.4) is 0 Å². The van der Waals surface area contributed by atoms with Gasteiger partial charge in [-0.2, -0.15) is 5.10 Å². The van der Waals surface area contributed by atoms with Crippen molar-refractivity contribution in [2.24, 2.45) is 0 Å². The van der Waals surface area contributed by atoms with Crippen LogP contribution < -0.4 is 15.5 Å². The van der Waals surface area contributed by atoms with Crippen molar-refractivity contribution >= 4 is 28.6 Å². The van der Waals surface area contributed by atoms with Crippen LogP contribution in [0.15, 0.2) is 42.6 Å². The number of nitrogens with zero attached hydrogens (tertiary/aromatic N) is 3. The Morgan fingerprint density at radius 3 is 2.77 bits per heavy atom. The van der Waals surface area contributed by atoms with Crippen LogP contribution in [-0.2, 0) is 4.74 Å². The van der Waals surface area contributed by atoms with Gasteiger partial charge in [0.2, 0.25) is 0 Å². The maximum Gasteiger partial charge on any atom is 0.320 e. The van der Waals surface area contributed by atoms with Crippen molar-refractivity contribution < 1.29 is 9.53 Å². The number of aromatic amines is 1. The summed E-state index contributed by atoms with van der Waals surface area (Å²) in [5, 5.41) is 13.7. The highest BCUT2D eigenvalue weighted by atomic mass is 16.5. The Bertz CT molecular complexity index is 878. The zero-order chi connectivity index (χ0) is 18.5. The molecule has 26 heavy (non-hydrogen) atoms. The molecule has 0 aliphatic rings. The van der Waals surface area contributed by atoms with Gasteiger partial charge in [-0.3, -0.25) is 10.4 Å². The van der Waals surface area contributed by atoms with E-state index in [4.69, 9.17) is 4.74 Å². The summed E-state index contributed by atoms with van der Waals surface area (Å²) in [4.78, 5) is 18.6. The second-order valence-corrected chi connectivity index (χ2v) is 6.07. The van der Waals surface area contributed by atoms with Crippen molar-refractivity contribution in [3.8, 4) is 0 Å². The van der Waals surface area contributed by atoms with E-state index in [1.165, 1.54) is 0 Å². The third-order valence-corrected chi connectivity index (χ3v) is 3.93. The van der Waals surface area contributed by atoms with Crippen LogP contribution in [0.2, 0.25) is 0 Å². The van der Waals surface area contributed by atoms with E-state index in [-0.39, 0.29) is 12.1 Å². The molecule has 0 unspecified atom stereocenters. The predicted molar refractivity (Wildman–Crippen MR) is 101 cm³/mol.